The lowest BCUT2D eigenvalue weighted by molar-refractivity contribution is -0.118. The Morgan fingerprint density at radius 2 is 1.87 bits per heavy atom. The average molecular weight is 453 g/mol. The normalized spacial score (nSPS) is 11.0. The van der Waals surface area contributed by atoms with Crippen molar-refractivity contribution in [3.8, 4) is 17.1 Å². The smallest absolute Gasteiger partial charge is 0.387 e. The number of nitrogens with zero attached hydrogens (tertiary/aromatic N) is 3. The maximum absolute atomic E-state index is 12.2. The molecule has 3 rings (SSSR count). The van der Waals surface area contributed by atoms with Crippen LogP contribution in [-0.4, -0.2) is 33.0 Å². The van der Waals surface area contributed by atoms with Gasteiger partial charge >= 0.3 is 6.61 Å². The predicted octanol–water partition coefficient (Wildman–Crippen LogP) is 4.63. The molecule has 1 N–H and O–H groups in total. The third-order valence-corrected chi connectivity index (χ3v) is 5.32. The fourth-order valence-corrected chi connectivity index (χ4v) is 3.62. The van der Waals surface area contributed by atoms with Gasteiger partial charge in [-0.05, 0) is 48.9 Å². The van der Waals surface area contributed by atoms with Crippen LogP contribution in [0.2, 0.25) is 5.02 Å². The lowest BCUT2D eigenvalue weighted by Crippen LogP contribution is -2.24. The van der Waals surface area contributed by atoms with Crippen LogP contribution in [0.3, 0.4) is 0 Å². The van der Waals surface area contributed by atoms with E-state index in [1.807, 2.05) is 23.6 Å². The van der Waals surface area contributed by atoms with Crippen LogP contribution in [0.4, 0.5) is 8.78 Å². The number of nitrogens with one attached hydrogen (secondary N) is 1. The van der Waals surface area contributed by atoms with E-state index in [1.165, 1.54) is 23.9 Å². The quantitative estimate of drug-likeness (QED) is 0.479. The Balaban J connectivity index is 1.54. The van der Waals surface area contributed by atoms with Crippen molar-refractivity contribution >= 4 is 29.3 Å². The van der Waals surface area contributed by atoms with Gasteiger partial charge in [0, 0.05) is 23.7 Å². The average Bonchev–Trinajstić information content (AvgIpc) is 3.14. The van der Waals surface area contributed by atoms with Crippen molar-refractivity contribution in [1.82, 2.24) is 20.1 Å². The molecule has 0 atom stereocenters. The summed E-state index contributed by atoms with van der Waals surface area (Å²) in [5.74, 6) is 0.784. The van der Waals surface area contributed by atoms with Crippen LogP contribution in [-0.2, 0) is 17.9 Å². The second-order valence-corrected chi connectivity index (χ2v) is 7.52. The van der Waals surface area contributed by atoms with Gasteiger partial charge in [-0.3, -0.25) is 4.79 Å². The SMILES string of the molecule is CCn1c(SCC(=O)NCc2ccc(OC(F)F)cc2)nnc1-c1ccc(Cl)cc1. The van der Waals surface area contributed by atoms with Crippen molar-refractivity contribution < 1.29 is 18.3 Å². The minimum atomic E-state index is -2.86. The van der Waals surface area contributed by atoms with Crippen LogP contribution in [0.15, 0.2) is 53.7 Å². The number of carbonyl (C=O) groups is 1. The molecule has 2 aromatic carbocycles. The van der Waals surface area contributed by atoms with Gasteiger partial charge in [0.25, 0.3) is 0 Å². The Labute approximate surface area is 181 Å². The first-order valence-electron chi connectivity index (χ1n) is 9.08. The number of amides is 1. The first kappa shape index (κ1) is 22.0. The Bertz CT molecular complexity index is 981. The van der Waals surface area contributed by atoms with Crippen molar-refractivity contribution in [3.63, 3.8) is 0 Å². The molecule has 0 fully saturated rings. The summed E-state index contributed by atoms with van der Waals surface area (Å²) in [6.07, 6.45) is 0. The van der Waals surface area contributed by atoms with Gasteiger partial charge in [0.2, 0.25) is 5.91 Å². The van der Waals surface area contributed by atoms with E-state index >= 15 is 0 Å². The number of thioether (sulfide) groups is 1. The molecule has 3 aromatic rings. The number of benzene rings is 2. The number of aromatic nitrogens is 3. The monoisotopic (exact) mass is 452 g/mol. The number of alkyl halides is 2. The van der Waals surface area contributed by atoms with Crippen LogP contribution < -0.4 is 10.1 Å². The fraction of sp³-hybridized carbons (Fsp3) is 0.250. The van der Waals surface area contributed by atoms with E-state index in [1.54, 1.807) is 24.3 Å². The van der Waals surface area contributed by atoms with Crippen LogP contribution in [0.1, 0.15) is 12.5 Å². The zero-order valence-corrected chi connectivity index (χ0v) is 17.6. The first-order chi connectivity index (χ1) is 14.5. The molecule has 30 heavy (non-hydrogen) atoms. The third-order valence-electron chi connectivity index (χ3n) is 4.11. The summed E-state index contributed by atoms with van der Waals surface area (Å²) in [5.41, 5.74) is 1.67. The molecular weight excluding hydrogens is 434 g/mol. The molecule has 0 saturated heterocycles. The third kappa shape index (κ3) is 5.93. The lowest BCUT2D eigenvalue weighted by atomic mass is 10.2. The van der Waals surface area contributed by atoms with E-state index in [4.69, 9.17) is 11.6 Å². The Hall–Kier alpha value is -2.65. The maximum Gasteiger partial charge on any atom is 0.387 e. The van der Waals surface area contributed by atoms with E-state index in [0.29, 0.717) is 22.5 Å². The van der Waals surface area contributed by atoms with Gasteiger partial charge in [-0.15, -0.1) is 10.2 Å². The van der Waals surface area contributed by atoms with Crippen molar-refractivity contribution in [1.29, 1.82) is 0 Å². The molecule has 0 unspecified atom stereocenters. The summed E-state index contributed by atoms with van der Waals surface area (Å²) in [5, 5.41) is 12.5. The molecule has 158 valence electrons. The van der Waals surface area contributed by atoms with E-state index in [9.17, 15) is 13.6 Å². The lowest BCUT2D eigenvalue weighted by Gasteiger charge is -2.09. The molecule has 1 aromatic heterocycles. The van der Waals surface area contributed by atoms with Gasteiger partial charge in [0.05, 0.1) is 5.75 Å². The molecule has 0 saturated carbocycles. The maximum atomic E-state index is 12.2. The van der Waals surface area contributed by atoms with Gasteiger partial charge in [0.1, 0.15) is 5.75 Å². The highest BCUT2D eigenvalue weighted by molar-refractivity contribution is 7.99. The Morgan fingerprint density at radius 3 is 2.50 bits per heavy atom. The number of hydrogen-bond acceptors (Lipinski definition) is 5. The summed E-state index contributed by atoms with van der Waals surface area (Å²) < 4.78 is 30.6. The van der Waals surface area contributed by atoms with Gasteiger partial charge in [-0.1, -0.05) is 35.5 Å². The number of halogens is 3. The van der Waals surface area contributed by atoms with Gasteiger partial charge in [0.15, 0.2) is 11.0 Å². The molecule has 0 spiro atoms. The Morgan fingerprint density at radius 1 is 1.17 bits per heavy atom. The highest BCUT2D eigenvalue weighted by atomic mass is 35.5. The van der Waals surface area contributed by atoms with Crippen molar-refractivity contribution in [2.24, 2.45) is 0 Å². The second-order valence-electron chi connectivity index (χ2n) is 6.15. The van der Waals surface area contributed by atoms with E-state index in [0.717, 1.165) is 11.1 Å². The standard InChI is InChI=1S/C20H19ClF2N4O2S/c1-2-27-18(14-5-7-15(21)8-6-14)25-26-20(27)30-12-17(28)24-11-13-3-9-16(10-4-13)29-19(22)23/h3-10,19H,2,11-12H2,1H3,(H,24,28). The van der Waals surface area contributed by atoms with Gasteiger partial charge in [-0.25, -0.2) is 0 Å². The summed E-state index contributed by atoms with van der Waals surface area (Å²) >= 11 is 7.23. The molecule has 1 amide bonds. The minimum Gasteiger partial charge on any atom is -0.435 e. The largest absolute Gasteiger partial charge is 0.435 e. The number of hydrogen-bond donors (Lipinski definition) is 1. The molecule has 1 heterocycles. The van der Waals surface area contributed by atoms with Gasteiger partial charge < -0.3 is 14.6 Å². The number of ether oxygens (including phenoxy) is 1. The van der Waals surface area contributed by atoms with Crippen LogP contribution in [0, 0.1) is 0 Å². The number of rotatable bonds is 9. The highest BCUT2D eigenvalue weighted by Crippen LogP contribution is 2.25. The highest BCUT2D eigenvalue weighted by Gasteiger charge is 2.14. The fourth-order valence-electron chi connectivity index (χ4n) is 2.66. The van der Waals surface area contributed by atoms with Crippen LogP contribution in [0.25, 0.3) is 11.4 Å². The molecule has 10 heteroatoms. The second kappa shape index (κ2) is 10.4. The van der Waals surface area contributed by atoms with Crippen molar-refractivity contribution in [2.45, 2.75) is 31.8 Å². The minimum absolute atomic E-state index is 0.0750. The summed E-state index contributed by atoms with van der Waals surface area (Å²) in [6, 6.07) is 13.4. The van der Waals surface area contributed by atoms with Crippen molar-refractivity contribution in [2.75, 3.05) is 5.75 Å². The topological polar surface area (TPSA) is 69.0 Å². The van der Waals surface area contributed by atoms with Crippen LogP contribution >= 0.6 is 23.4 Å². The molecule has 0 aliphatic rings. The summed E-state index contributed by atoms with van der Waals surface area (Å²) in [4.78, 5) is 12.2. The Kier molecular flexibility index (Phi) is 7.64. The predicted molar refractivity (Wildman–Crippen MR) is 112 cm³/mol. The van der Waals surface area contributed by atoms with E-state index in [-0.39, 0.29) is 24.0 Å². The first-order valence-corrected chi connectivity index (χ1v) is 10.4. The van der Waals surface area contributed by atoms with E-state index in [2.05, 4.69) is 20.3 Å². The summed E-state index contributed by atoms with van der Waals surface area (Å²) in [6.45, 7) is 0.0548. The molecule has 0 bridgehead atoms. The molecule has 0 radical (unpaired) electrons. The molecule has 0 aliphatic heterocycles. The van der Waals surface area contributed by atoms with Crippen LogP contribution in [0.5, 0.6) is 5.75 Å². The number of carbonyl (C=O) groups excluding carboxylic acids is 1. The molecular formula is C20H19ClF2N4O2S. The molecule has 6 nitrogen and oxygen atoms in total. The van der Waals surface area contributed by atoms with Gasteiger partial charge in [-0.2, -0.15) is 8.78 Å². The summed E-state index contributed by atoms with van der Waals surface area (Å²) in [7, 11) is 0. The van der Waals surface area contributed by atoms with E-state index < -0.39 is 6.61 Å². The zero-order chi connectivity index (χ0) is 21.5. The zero-order valence-electron chi connectivity index (χ0n) is 16.0. The molecule has 0 aliphatic carbocycles. The van der Waals surface area contributed by atoms with Crippen molar-refractivity contribution in [3.05, 3.63) is 59.1 Å².